The third-order valence-corrected chi connectivity index (χ3v) is 5.34. The number of nitrogens with one attached hydrogen (secondary N) is 2. The van der Waals surface area contributed by atoms with E-state index in [9.17, 15) is 4.79 Å². The van der Waals surface area contributed by atoms with Crippen molar-refractivity contribution < 1.29 is 4.79 Å². The van der Waals surface area contributed by atoms with Gasteiger partial charge < -0.3 is 10.6 Å². The zero-order chi connectivity index (χ0) is 14.9. The van der Waals surface area contributed by atoms with Gasteiger partial charge in [-0.1, -0.05) is 38.3 Å². The predicted molar refractivity (Wildman–Crippen MR) is 86.4 cm³/mol. The van der Waals surface area contributed by atoms with Crippen molar-refractivity contribution in [2.24, 2.45) is 5.41 Å². The lowest BCUT2D eigenvalue weighted by Crippen LogP contribution is -2.36. The number of carbonyl (C=O) groups is 1. The summed E-state index contributed by atoms with van der Waals surface area (Å²) >= 11 is 0. The summed E-state index contributed by atoms with van der Waals surface area (Å²) in [5.41, 5.74) is 4.00. The molecule has 1 aliphatic heterocycles. The number of hydrogen-bond donors (Lipinski definition) is 2. The van der Waals surface area contributed by atoms with Gasteiger partial charge in [0.1, 0.15) is 0 Å². The van der Waals surface area contributed by atoms with Gasteiger partial charge in [0.25, 0.3) is 0 Å². The van der Waals surface area contributed by atoms with Crippen LogP contribution in [0.15, 0.2) is 18.2 Å². The van der Waals surface area contributed by atoms with E-state index in [1.165, 1.54) is 43.2 Å². The normalized spacial score (nSPS) is 22.3. The fraction of sp³-hybridized carbons (Fsp3) is 0.611. The van der Waals surface area contributed by atoms with Crippen molar-refractivity contribution in [3.63, 3.8) is 0 Å². The molecule has 0 spiro atoms. The van der Waals surface area contributed by atoms with Gasteiger partial charge in [-0.25, -0.2) is 0 Å². The Kier molecular flexibility index (Phi) is 4.03. The largest absolute Gasteiger partial charge is 0.326 e. The van der Waals surface area contributed by atoms with Crippen LogP contribution in [0, 0.1) is 5.41 Å². The molecule has 0 saturated heterocycles. The molecule has 1 heterocycles. The van der Waals surface area contributed by atoms with Gasteiger partial charge in [-0.05, 0) is 48.9 Å². The molecule has 2 N–H and O–H groups in total. The molecule has 1 atom stereocenters. The molecule has 0 radical (unpaired) electrons. The van der Waals surface area contributed by atoms with Gasteiger partial charge in [-0.15, -0.1) is 0 Å². The van der Waals surface area contributed by atoms with Gasteiger partial charge in [0.15, 0.2) is 0 Å². The molecule has 1 saturated carbocycles. The first-order valence-corrected chi connectivity index (χ1v) is 8.22. The van der Waals surface area contributed by atoms with Crippen LogP contribution in [0.4, 0.5) is 5.69 Å². The van der Waals surface area contributed by atoms with E-state index in [0.29, 0.717) is 17.9 Å². The van der Waals surface area contributed by atoms with E-state index in [1.807, 2.05) is 0 Å². The molecule has 1 aliphatic carbocycles. The summed E-state index contributed by atoms with van der Waals surface area (Å²) in [5, 5.41) is 6.53. The van der Waals surface area contributed by atoms with Gasteiger partial charge in [0.05, 0.1) is 0 Å². The molecule has 1 amide bonds. The molecule has 0 aromatic heterocycles. The average molecular weight is 286 g/mol. The summed E-state index contributed by atoms with van der Waals surface area (Å²) in [6.45, 7) is 2.43. The van der Waals surface area contributed by atoms with Gasteiger partial charge in [0.2, 0.25) is 5.91 Å². The molecule has 1 unspecified atom stereocenters. The van der Waals surface area contributed by atoms with Crippen LogP contribution in [0.1, 0.15) is 62.6 Å². The van der Waals surface area contributed by atoms with Crippen molar-refractivity contribution in [3.8, 4) is 0 Å². The Hall–Kier alpha value is -1.35. The monoisotopic (exact) mass is 286 g/mol. The predicted octanol–water partition coefficient (Wildman–Crippen LogP) is 3.80. The third-order valence-electron chi connectivity index (χ3n) is 5.34. The number of aryl methyl sites for hydroxylation is 1. The highest BCUT2D eigenvalue weighted by Gasteiger charge is 2.35. The van der Waals surface area contributed by atoms with E-state index >= 15 is 0 Å². The Labute approximate surface area is 127 Å². The first-order chi connectivity index (χ1) is 10.1. The molecule has 114 valence electrons. The zero-order valence-corrected chi connectivity index (χ0v) is 13.2. The van der Waals surface area contributed by atoms with Crippen LogP contribution in [-0.2, 0) is 11.2 Å². The lowest BCUT2D eigenvalue weighted by molar-refractivity contribution is -0.116. The number of anilines is 1. The summed E-state index contributed by atoms with van der Waals surface area (Å²) in [6.07, 6.45) is 8.13. The second-order valence-corrected chi connectivity index (χ2v) is 6.90. The molecule has 1 aromatic rings. The second kappa shape index (κ2) is 5.80. The molecular weight excluding hydrogens is 260 g/mol. The Balaban J connectivity index is 1.89. The number of carbonyl (C=O) groups excluding carboxylic acids is 1. The van der Waals surface area contributed by atoms with Crippen LogP contribution in [0.25, 0.3) is 0 Å². The summed E-state index contributed by atoms with van der Waals surface area (Å²) < 4.78 is 0. The Morgan fingerprint density at radius 1 is 1.19 bits per heavy atom. The van der Waals surface area contributed by atoms with Crippen molar-refractivity contribution in [3.05, 3.63) is 29.3 Å². The van der Waals surface area contributed by atoms with Gasteiger partial charge in [-0.3, -0.25) is 4.79 Å². The van der Waals surface area contributed by atoms with E-state index in [4.69, 9.17) is 0 Å². The van der Waals surface area contributed by atoms with E-state index in [1.54, 1.807) is 0 Å². The van der Waals surface area contributed by atoms with Crippen molar-refractivity contribution in [1.29, 1.82) is 0 Å². The fourth-order valence-electron chi connectivity index (χ4n) is 4.15. The molecule has 3 rings (SSSR count). The number of benzene rings is 1. The van der Waals surface area contributed by atoms with Crippen molar-refractivity contribution in [2.75, 3.05) is 12.4 Å². The average Bonchev–Trinajstić information content (AvgIpc) is 2.48. The Bertz CT molecular complexity index is 532. The number of rotatable bonds is 3. The molecule has 2 aliphatic rings. The topological polar surface area (TPSA) is 41.1 Å². The van der Waals surface area contributed by atoms with Crippen LogP contribution in [0.2, 0.25) is 0 Å². The molecule has 3 nitrogen and oxygen atoms in total. The Morgan fingerprint density at radius 3 is 2.67 bits per heavy atom. The number of hydrogen-bond acceptors (Lipinski definition) is 2. The third kappa shape index (κ3) is 2.84. The van der Waals surface area contributed by atoms with Crippen molar-refractivity contribution in [1.82, 2.24) is 5.32 Å². The van der Waals surface area contributed by atoms with Crippen molar-refractivity contribution >= 4 is 11.6 Å². The number of fused-ring (bicyclic) bond motifs is 1. The molecule has 1 fully saturated rings. The van der Waals surface area contributed by atoms with E-state index in [2.05, 4.69) is 42.8 Å². The highest BCUT2D eigenvalue weighted by molar-refractivity contribution is 5.93. The molecule has 0 bridgehead atoms. The minimum atomic E-state index is 0.139. The maximum atomic E-state index is 11.5. The second-order valence-electron chi connectivity index (χ2n) is 6.90. The molecular formula is C18H26N2O. The highest BCUT2D eigenvalue weighted by atomic mass is 16.1. The van der Waals surface area contributed by atoms with E-state index in [-0.39, 0.29) is 5.91 Å². The van der Waals surface area contributed by atoms with Crippen LogP contribution >= 0.6 is 0 Å². The summed E-state index contributed by atoms with van der Waals surface area (Å²) in [6, 6.07) is 6.97. The van der Waals surface area contributed by atoms with E-state index in [0.717, 1.165) is 12.1 Å². The van der Waals surface area contributed by atoms with Gasteiger partial charge in [-0.2, -0.15) is 0 Å². The van der Waals surface area contributed by atoms with Crippen molar-refractivity contribution in [2.45, 2.75) is 57.9 Å². The minimum Gasteiger partial charge on any atom is -0.326 e. The van der Waals surface area contributed by atoms with Crippen LogP contribution in [0.5, 0.6) is 0 Å². The number of amides is 1. The van der Waals surface area contributed by atoms with E-state index < -0.39 is 0 Å². The van der Waals surface area contributed by atoms with Gasteiger partial charge >= 0.3 is 0 Å². The lowest BCUT2D eigenvalue weighted by Gasteiger charge is -2.41. The standard InChI is InChI=1S/C18H26N2O/c1-18(10-4-3-5-11-18)17(19-2)14-6-8-15-13(12-14)7-9-16(21)20-15/h6,8,12,17,19H,3-5,7,9-11H2,1-2H3,(H,20,21). The molecule has 21 heavy (non-hydrogen) atoms. The highest BCUT2D eigenvalue weighted by Crippen LogP contribution is 2.46. The first-order valence-electron chi connectivity index (χ1n) is 8.22. The van der Waals surface area contributed by atoms with Crippen LogP contribution in [-0.4, -0.2) is 13.0 Å². The molecule has 1 aromatic carbocycles. The zero-order valence-electron chi connectivity index (χ0n) is 13.2. The van der Waals surface area contributed by atoms with Crippen LogP contribution < -0.4 is 10.6 Å². The molecule has 3 heteroatoms. The summed E-state index contributed by atoms with van der Waals surface area (Å²) in [5.74, 6) is 0.139. The fourth-order valence-corrected chi connectivity index (χ4v) is 4.15. The smallest absolute Gasteiger partial charge is 0.224 e. The maximum absolute atomic E-state index is 11.5. The summed E-state index contributed by atoms with van der Waals surface area (Å²) in [7, 11) is 2.08. The maximum Gasteiger partial charge on any atom is 0.224 e. The SMILES string of the molecule is CNC(c1ccc2c(c1)CCC(=O)N2)C1(C)CCCCC1. The summed E-state index contributed by atoms with van der Waals surface area (Å²) in [4.78, 5) is 11.5. The quantitative estimate of drug-likeness (QED) is 0.887. The lowest BCUT2D eigenvalue weighted by atomic mass is 9.68. The first kappa shape index (κ1) is 14.6. The van der Waals surface area contributed by atoms with Crippen LogP contribution in [0.3, 0.4) is 0 Å². The minimum absolute atomic E-state index is 0.139. The Morgan fingerprint density at radius 2 is 1.95 bits per heavy atom. The van der Waals surface area contributed by atoms with Gasteiger partial charge in [0, 0.05) is 18.2 Å².